The second-order valence-corrected chi connectivity index (χ2v) is 7.54. The highest BCUT2D eigenvalue weighted by Crippen LogP contribution is 2.28. The number of thiazole rings is 1. The number of fused-ring (bicyclic) bond motifs is 3. The van der Waals surface area contributed by atoms with E-state index in [1.807, 2.05) is 22.0 Å². The van der Waals surface area contributed by atoms with Gasteiger partial charge in [-0.3, -0.25) is 9.20 Å². The first kappa shape index (κ1) is 14.8. The lowest BCUT2D eigenvalue weighted by molar-refractivity contribution is 0.0960. The molecule has 5 nitrogen and oxygen atoms in total. The van der Waals surface area contributed by atoms with E-state index >= 15 is 0 Å². The van der Waals surface area contributed by atoms with Gasteiger partial charge in [0, 0.05) is 30.5 Å². The molecule has 0 fully saturated rings. The highest BCUT2D eigenvalue weighted by atomic mass is 32.2. The number of aliphatic hydroxyl groups is 1. The second-order valence-electron chi connectivity index (χ2n) is 4.41. The third kappa shape index (κ3) is 3.23. The zero-order valence-corrected chi connectivity index (χ0v) is 13.7. The van der Waals surface area contributed by atoms with Gasteiger partial charge in [0.15, 0.2) is 4.96 Å². The number of hydrogen-bond acceptors (Lipinski definition) is 6. The average molecular weight is 341 g/mol. The third-order valence-electron chi connectivity index (χ3n) is 2.94. The van der Waals surface area contributed by atoms with Crippen molar-refractivity contribution in [2.24, 2.45) is 0 Å². The molecular formula is C13H15N3O2S3. The zero-order valence-electron chi connectivity index (χ0n) is 11.2. The Morgan fingerprint density at radius 1 is 1.48 bits per heavy atom. The van der Waals surface area contributed by atoms with Gasteiger partial charge >= 0.3 is 0 Å². The first-order valence-electron chi connectivity index (χ1n) is 6.61. The van der Waals surface area contributed by atoms with Gasteiger partial charge in [0.1, 0.15) is 4.83 Å². The molecule has 3 aromatic heterocycles. The van der Waals surface area contributed by atoms with Crippen LogP contribution in [-0.2, 0) is 0 Å². The number of rotatable bonds is 7. The fourth-order valence-corrected chi connectivity index (χ4v) is 4.45. The average Bonchev–Trinajstić information content (AvgIpc) is 3.13. The second kappa shape index (κ2) is 6.78. The van der Waals surface area contributed by atoms with Crippen molar-refractivity contribution in [3.63, 3.8) is 0 Å². The molecule has 0 aromatic carbocycles. The lowest BCUT2D eigenvalue weighted by Crippen LogP contribution is -2.25. The summed E-state index contributed by atoms with van der Waals surface area (Å²) in [6.07, 6.45) is 2.78. The number of thioether (sulfide) groups is 1. The molecule has 1 amide bonds. The fourth-order valence-electron chi connectivity index (χ4n) is 1.95. The molecule has 3 heterocycles. The van der Waals surface area contributed by atoms with Crippen LogP contribution in [0.1, 0.15) is 16.1 Å². The van der Waals surface area contributed by atoms with Crippen LogP contribution in [0.2, 0.25) is 0 Å². The largest absolute Gasteiger partial charge is 0.396 e. The summed E-state index contributed by atoms with van der Waals surface area (Å²) in [4.78, 5) is 19.2. The molecule has 3 rings (SSSR count). The highest BCUT2D eigenvalue weighted by molar-refractivity contribution is 7.99. The number of hydrogen-bond donors (Lipinski definition) is 2. The topological polar surface area (TPSA) is 66.6 Å². The molecule has 0 aliphatic heterocycles. The van der Waals surface area contributed by atoms with Crippen LogP contribution in [0.3, 0.4) is 0 Å². The van der Waals surface area contributed by atoms with E-state index in [4.69, 9.17) is 5.11 Å². The first-order chi connectivity index (χ1) is 10.3. The van der Waals surface area contributed by atoms with Gasteiger partial charge in [-0.15, -0.1) is 22.7 Å². The van der Waals surface area contributed by atoms with E-state index in [0.29, 0.717) is 11.4 Å². The lowest BCUT2D eigenvalue weighted by atomic mass is 10.4. The molecule has 0 spiro atoms. The molecule has 0 saturated heterocycles. The maximum Gasteiger partial charge on any atom is 0.261 e. The Morgan fingerprint density at radius 2 is 2.38 bits per heavy atom. The van der Waals surface area contributed by atoms with Crippen molar-refractivity contribution in [3.8, 4) is 0 Å². The van der Waals surface area contributed by atoms with E-state index < -0.39 is 0 Å². The third-order valence-corrected chi connectivity index (χ3v) is 5.79. The maximum atomic E-state index is 12.1. The molecule has 0 unspecified atom stereocenters. The Bertz CT molecular complexity index is 746. The number of carbonyl (C=O) groups excluding carboxylic acids is 1. The summed E-state index contributed by atoms with van der Waals surface area (Å²) >= 11 is 4.76. The Kier molecular flexibility index (Phi) is 4.79. The Labute approximate surface area is 134 Å². The monoisotopic (exact) mass is 341 g/mol. The van der Waals surface area contributed by atoms with Crippen LogP contribution in [0.15, 0.2) is 17.6 Å². The number of nitrogens with zero attached hydrogens (tertiary/aromatic N) is 2. The van der Waals surface area contributed by atoms with Crippen molar-refractivity contribution in [1.82, 2.24) is 14.7 Å². The molecule has 112 valence electrons. The van der Waals surface area contributed by atoms with Crippen molar-refractivity contribution in [1.29, 1.82) is 0 Å². The van der Waals surface area contributed by atoms with Crippen molar-refractivity contribution in [3.05, 3.63) is 22.5 Å². The summed E-state index contributed by atoms with van der Waals surface area (Å²) in [5, 5.41) is 13.6. The summed E-state index contributed by atoms with van der Waals surface area (Å²) < 4.78 is 2.01. The van der Waals surface area contributed by atoms with Gasteiger partial charge in [-0.1, -0.05) is 0 Å². The van der Waals surface area contributed by atoms with Crippen LogP contribution < -0.4 is 5.32 Å². The van der Waals surface area contributed by atoms with Crippen LogP contribution in [0.25, 0.3) is 15.3 Å². The zero-order chi connectivity index (χ0) is 14.7. The summed E-state index contributed by atoms with van der Waals surface area (Å²) in [6, 6.07) is 1.90. The van der Waals surface area contributed by atoms with Crippen molar-refractivity contribution >= 4 is 55.7 Å². The minimum absolute atomic E-state index is 0.0373. The van der Waals surface area contributed by atoms with Gasteiger partial charge in [0.25, 0.3) is 5.91 Å². The number of thiophene rings is 1. The summed E-state index contributed by atoms with van der Waals surface area (Å²) in [7, 11) is 0. The molecule has 0 atom stereocenters. The minimum atomic E-state index is -0.0373. The highest BCUT2D eigenvalue weighted by Gasteiger charge is 2.14. The van der Waals surface area contributed by atoms with Gasteiger partial charge in [-0.25, -0.2) is 4.98 Å². The van der Waals surface area contributed by atoms with Gasteiger partial charge in [0.2, 0.25) is 0 Å². The van der Waals surface area contributed by atoms with Crippen LogP contribution in [-0.4, -0.2) is 45.1 Å². The fraction of sp³-hybridized carbons (Fsp3) is 0.385. The van der Waals surface area contributed by atoms with E-state index in [1.54, 1.807) is 23.1 Å². The number of nitrogens with one attached hydrogen (secondary N) is 1. The van der Waals surface area contributed by atoms with Crippen molar-refractivity contribution < 1.29 is 9.90 Å². The first-order valence-corrected chi connectivity index (χ1v) is 9.46. The number of imidazole rings is 1. The SMILES string of the molecule is O=C(NCCSCCCO)c1cc2c(nc3sccn32)s1. The van der Waals surface area contributed by atoms with Gasteiger partial charge in [0.05, 0.1) is 10.4 Å². The summed E-state index contributed by atoms with van der Waals surface area (Å²) in [6.45, 7) is 0.872. The van der Waals surface area contributed by atoms with Gasteiger partial charge in [-0.2, -0.15) is 11.8 Å². The standard InChI is InChI=1S/C13H15N3O2S3/c17-4-1-5-19-6-2-14-11(18)10-8-9-12(21-10)15-13-16(9)3-7-20-13/h3,7-8,17H,1-2,4-6H2,(H,14,18). The van der Waals surface area contributed by atoms with Gasteiger partial charge < -0.3 is 10.4 Å². The minimum Gasteiger partial charge on any atom is -0.396 e. The van der Waals surface area contributed by atoms with Gasteiger partial charge in [-0.05, 0) is 18.2 Å². The van der Waals surface area contributed by atoms with Crippen molar-refractivity contribution in [2.45, 2.75) is 6.42 Å². The smallest absolute Gasteiger partial charge is 0.261 e. The van der Waals surface area contributed by atoms with E-state index in [-0.39, 0.29) is 12.5 Å². The summed E-state index contributed by atoms with van der Waals surface area (Å²) in [5.74, 6) is 1.76. The predicted molar refractivity (Wildman–Crippen MR) is 89.8 cm³/mol. The Balaban J connectivity index is 1.58. The molecule has 21 heavy (non-hydrogen) atoms. The molecule has 8 heteroatoms. The number of aliphatic hydroxyl groups excluding tert-OH is 1. The predicted octanol–water partition coefficient (Wildman–Crippen LogP) is 2.46. The Hall–Kier alpha value is -1.09. The lowest BCUT2D eigenvalue weighted by Gasteiger charge is -2.02. The number of amides is 1. The molecule has 0 saturated carbocycles. The van der Waals surface area contributed by atoms with E-state index in [9.17, 15) is 4.79 Å². The maximum absolute atomic E-state index is 12.1. The van der Waals surface area contributed by atoms with Crippen LogP contribution >= 0.6 is 34.4 Å². The van der Waals surface area contributed by atoms with Crippen molar-refractivity contribution in [2.75, 3.05) is 24.7 Å². The normalized spacial score (nSPS) is 11.5. The number of aromatic nitrogens is 2. The molecule has 0 bridgehead atoms. The Morgan fingerprint density at radius 3 is 3.24 bits per heavy atom. The molecule has 0 aliphatic rings. The molecule has 2 N–H and O–H groups in total. The van der Waals surface area contributed by atoms with E-state index in [0.717, 1.165) is 33.2 Å². The summed E-state index contributed by atoms with van der Waals surface area (Å²) in [5.41, 5.74) is 0.999. The van der Waals surface area contributed by atoms with E-state index in [2.05, 4.69) is 10.3 Å². The van der Waals surface area contributed by atoms with Crippen LogP contribution in [0.5, 0.6) is 0 Å². The number of carbonyl (C=O) groups is 1. The molecule has 3 aromatic rings. The van der Waals surface area contributed by atoms with Crippen LogP contribution in [0, 0.1) is 0 Å². The molecule has 0 aliphatic carbocycles. The quantitative estimate of drug-likeness (QED) is 0.648. The molecule has 0 radical (unpaired) electrons. The van der Waals surface area contributed by atoms with E-state index in [1.165, 1.54) is 11.3 Å². The van der Waals surface area contributed by atoms with Crippen LogP contribution in [0.4, 0.5) is 0 Å². The molecular weight excluding hydrogens is 326 g/mol.